The maximum atomic E-state index is 13.4. The highest BCUT2D eigenvalue weighted by Crippen LogP contribution is 2.32. The largest absolute Gasteiger partial charge is 0.352 e. The number of hydrogen-bond donors (Lipinski definition) is 1. The van der Waals surface area contributed by atoms with Gasteiger partial charge in [-0.05, 0) is 31.2 Å². The third-order valence-corrected chi connectivity index (χ3v) is 7.97. The summed E-state index contributed by atoms with van der Waals surface area (Å²) >= 11 is 2.79. The second-order valence-electron chi connectivity index (χ2n) is 8.52. The van der Waals surface area contributed by atoms with E-state index in [0.717, 1.165) is 24.0 Å². The van der Waals surface area contributed by atoms with E-state index in [1.807, 2.05) is 36.6 Å². The van der Waals surface area contributed by atoms with E-state index < -0.39 is 0 Å². The lowest BCUT2D eigenvalue weighted by Crippen LogP contribution is -2.41. The molecule has 1 N–H and O–H groups in total. The van der Waals surface area contributed by atoms with E-state index in [-0.39, 0.29) is 23.3 Å². The van der Waals surface area contributed by atoms with Crippen molar-refractivity contribution in [2.75, 3.05) is 5.75 Å². The Kier molecular flexibility index (Phi) is 7.16. The molecular weight excluding hydrogens is 438 g/mol. The summed E-state index contributed by atoms with van der Waals surface area (Å²) in [5, 5.41) is 6.37. The van der Waals surface area contributed by atoms with Crippen molar-refractivity contribution >= 4 is 39.2 Å². The third-order valence-electron chi connectivity index (χ3n) is 6.12. The predicted molar refractivity (Wildman–Crippen MR) is 135 cm³/mol. The van der Waals surface area contributed by atoms with Crippen LogP contribution >= 0.6 is 23.1 Å². The number of thioether (sulfide) groups is 1. The minimum absolute atomic E-state index is 0.000210. The highest BCUT2D eigenvalue weighted by Gasteiger charge is 2.23. The summed E-state index contributed by atoms with van der Waals surface area (Å²) in [7, 11) is 0. The molecule has 2 aromatic heterocycles. The quantitative estimate of drug-likeness (QED) is 0.287. The molecule has 2 unspecified atom stereocenters. The molecule has 0 radical (unpaired) electrons. The van der Waals surface area contributed by atoms with Crippen molar-refractivity contribution < 1.29 is 4.79 Å². The number of hydrogen-bond acceptors (Lipinski definition) is 5. The molecule has 1 aliphatic rings. The number of carbonyl (C=O) groups excluding carboxylic acids is 1. The number of aromatic nitrogens is 2. The number of aryl methyl sites for hydroxylation is 1. The van der Waals surface area contributed by atoms with Crippen LogP contribution in [0.1, 0.15) is 38.2 Å². The van der Waals surface area contributed by atoms with Gasteiger partial charge in [0.2, 0.25) is 5.91 Å². The number of carbonyl (C=O) groups is 1. The Balaban J connectivity index is 1.59. The maximum Gasteiger partial charge on any atom is 0.263 e. The molecule has 4 rings (SSSR count). The standard InChI is InChI=1S/C25H29N3O2S2/c1-4-13-28-24(30)22-19(18-11-9-16(2)10-12-18)14-31-23(22)27-25(28)32-15-21(29)26-20-8-6-5-7-17(20)3/h4,9-12,14,17,20H,1,5-8,13,15H2,2-3H3,(H,26,29). The summed E-state index contributed by atoms with van der Waals surface area (Å²) in [5.41, 5.74) is 3.00. The lowest BCUT2D eigenvalue weighted by Gasteiger charge is -2.29. The number of benzene rings is 1. The zero-order valence-corrected chi connectivity index (χ0v) is 20.2. The molecular formula is C25H29N3O2S2. The van der Waals surface area contributed by atoms with Gasteiger partial charge in [-0.3, -0.25) is 14.2 Å². The first kappa shape index (κ1) is 22.8. The van der Waals surface area contributed by atoms with Gasteiger partial charge in [-0.15, -0.1) is 17.9 Å². The van der Waals surface area contributed by atoms with Crippen LogP contribution in [0.4, 0.5) is 0 Å². The number of allylic oxidation sites excluding steroid dienone is 1. The zero-order chi connectivity index (χ0) is 22.7. The Bertz CT molecular complexity index is 1180. The number of amides is 1. The Hall–Kier alpha value is -2.38. The van der Waals surface area contributed by atoms with Gasteiger partial charge in [0.1, 0.15) is 4.83 Å². The maximum absolute atomic E-state index is 13.4. The average molecular weight is 468 g/mol. The molecule has 7 heteroatoms. The smallest absolute Gasteiger partial charge is 0.263 e. The first-order valence-corrected chi connectivity index (χ1v) is 13.0. The predicted octanol–water partition coefficient (Wildman–Crippen LogP) is 5.41. The molecule has 0 bridgehead atoms. The third kappa shape index (κ3) is 4.84. The van der Waals surface area contributed by atoms with Gasteiger partial charge in [-0.1, -0.05) is 67.4 Å². The van der Waals surface area contributed by atoms with Gasteiger partial charge in [0.25, 0.3) is 5.56 Å². The number of fused-ring (bicyclic) bond motifs is 1. The van der Waals surface area contributed by atoms with E-state index in [1.54, 1.807) is 10.6 Å². The van der Waals surface area contributed by atoms with Gasteiger partial charge in [0.15, 0.2) is 5.16 Å². The number of rotatable bonds is 7. The summed E-state index contributed by atoms with van der Waals surface area (Å²) in [5.74, 6) is 0.756. The average Bonchev–Trinajstić information content (AvgIpc) is 3.21. The van der Waals surface area contributed by atoms with Crippen LogP contribution in [-0.2, 0) is 11.3 Å². The molecule has 32 heavy (non-hydrogen) atoms. The lowest BCUT2D eigenvalue weighted by atomic mass is 9.86. The molecule has 2 atom stereocenters. The zero-order valence-electron chi connectivity index (χ0n) is 18.6. The molecule has 5 nitrogen and oxygen atoms in total. The van der Waals surface area contributed by atoms with Crippen molar-refractivity contribution in [2.24, 2.45) is 5.92 Å². The van der Waals surface area contributed by atoms with Crippen LogP contribution in [0.5, 0.6) is 0 Å². The first-order chi connectivity index (χ1) is 15.5. The highest BCUT2D eigenvalue weighted by molar-refractivity contribution is 7.99. The molecule has 1 fully saturated rings. The molecule has 1 aromatic carbocycles. The van der Waals surface area contributed by atoms with Crippen LogP contribution in [0, 0.1) is 12.8 Å². The van der Waals surface area contributed by atoms with Crippen LogP contribution < -0.4 is 10.9 Å². The minimum atomic E-state index is -0.0875. The van der Waals surface area contributed by atoms with Gasteiger partial charge in [0, 0.05) is 23.5 Å². The van der Waals surface area contributed by atoms with E-state index in [2.05, 4.69) is 18.8 Å². The Morgan fingerprint density at radius 2 is 2.06 bits per heavy atom. The molecule has 0 aliphatic heterocycles. The summed E-state index contributed by atoms with van der Waals surface area (Å²) in [4.78, 5) is 31.5. The van der Waals surface area contributed by atoms with E-state index >= 15 is 0 Å². The van der Waals surface area contributed by atoms with Gasteiger partial charge >= 0.3 is 0 Å². The van der Waals surface area contributed by atoms with Crippen molar-refractivity contribution in [1.82, 2.24) is 14.9 Å². The molecule has 1 amide bonds. The van der Waals surface area contributed by atoms with Crippen LogP contribution in [0.3, 0.4) is 0 Å². The van der Waals surface area contributed by atoms with E-state index in [9.17, 15) is 9.59 Å². The first-order valence-electron chi connectivity index (χ1n) is 11.1. The highest BCUT2D eigenvalue weighted by atomic mass is 32.2. The number of thiophene rings is 1. The molecule has 168 valence electrons. The lowest BCUT2D eigenvalue weighted by molar-refractivity contribution is -0.119. The van der Waals surface area contributed by atoms with Gasteiger partial charge in [-0.25, -0.2) is 4.98 Å². The Labute approximate surface area is 197 Å². The van der Waals surface area contributed by atoms with Crippen molar-refractivity contribution in [2.45, 2.75) is 57.3 Å². The molecule has 1 saturated carbocycles. The summed E-state index contributed by atoms with van der Waals surface area (Å²) < 4.78 is 1.63. The normalized spacial score (nSPS) is 18.6. The van der Waals surface area contributed by atoms with Gasteiger partial charge < -0.3 is 5.32 Å². The van der Waals surface area contributed by atoms with Crippen LogP contribution in [0.15, 0.2) is 52.3 Å². The van der Waals surface area contributed by atoms with Gasteiger partial charge in [-0.2, -0.15) is 0 Å². The summed E-state index contributed by atoms with van der Waals surface area (Å²) in [6.07, 6.45) is 6.31. The second kappa shape index (κ2) is 10.0. The number of nitrogens with zero attached hydrogens (tertiary/aromatic N) is 2. The monoisotopic (exact) mass is 467 g/mol. The van der Waals surface area contributed by atoms with Gasteiger partial charge in [0.05, 0.1) is 11.1 Å². The molecule has 1 aliphatic carbocycles. The summed E-state index contributed by atoms with van der Waals surface area (Å²) in [6, 6.07) is 8.41. The minimum Gasteiger partial charge on any atom is -0.352 e. The topological polar surface area (TPSA) is 64.0 Å². The van der Waals surface area contributed by atoms with Crippen LogP contribution in [0.25, 0.3) is 21.3 Å². The Morgan fingerprint density at radius 3 is 2.78 bits per heavy atom. The van der Waals surface area contributed by atoms with Crippen LogP contribution in [0.2, 0.25) is 0 Å². The van der Waals surface area contributed by atoms with Crippen molar-refractivity contribution in [3.63, 3.8) is 0 Å². The number of nitrogens with one attached hydrogen (secondary N) is 1. The second-order valence-corrected chi connectivity index (χ2v) is 10.3. The fraction of sp³-hybridized carbons (Fsp3) is 0.400. The fourth-order valence-electron chi connectivity index (χ4n) is 4.26. The molecule has 0 saturated heterocycles. The molecule has 2 heterocycles. The van der Waals surface area contributed by atoms with E-state index in [0.29, 0.717) is 27.8 Å². The van der Waals surface area contributed by atoms with Crippen molar-refractivity contribution in [1.29, 1.82) is 0 Å². The summed E-state index contributed by atoms with van der Waals surface area (Å²) in [6.45, 7) is 8.41. The van der Waals surface area contributed by atoms with E-state index in [1.165, 1.54) is 41.5 Å². The van der Waals surface area contributed by atoms with Crippen molar-refractivity contribution in [3.8, 4) is 11.1 Å². The van der Waals surface area contributed by atoms with Crippen molar-refractivity contribution in [3.05, 3.63) is 58.2 Å². The molecule has 3 aromatic rings. The molecule has 0 spiro atoms. The van der Waals surface area contributed by atoms with E-state index in [4.69, 9.17) is 4.98 Å². The Morgan fingerprint density at radius 1 is 1.31 bits per heavy atom. The SMILES string of the molecule is C=CCn1c(SCC(=O)NC2CCCCC2C)nc2scc(-c3ccc(C)cc3)c2c1=O. The van der Waals surface area contributed by atoms with Crippen LogP contribution in [-0.4, -0.2) is 27.3 Å². The fourth-order valence-corrected chi connectivity index (χ4v) is 6.07.